The molecule has 0 aliphatic heterocycles. The summed E-state index contributed by atoms with van der Waals surface area (Å²) in [6.45, 7) is 0.188. The highest BCUT2D eigenvalue weighted by Gasteiger charge is 2.25. The highest BCUT2D eigenvalue weighted by atomic mass is 16.6. The predicted molar refractivity (Wildman–Crippen MR) is 66.9 cm³/mol. The van der Waals surface area contributed by atoms with Gasteiger partial charge >= 0.3 is 11.7 Å². The average molecular weight is 281 g/mol. The summed E-state index contributed by atoms with van der Waals surface area (Å²) < 4.78 is 6.42. The smallest absolute Gasteiger partial charge is 0.308 e. The van der Waals surface area contributed by atoms with Crippen LogP contribution in [0.4, 0.5) is 5.69 Å². The second-order valence-electron chi connectivity index (χ2n) is 4.66. The fourth-order valence-corrected chi connectivity index (χ4v) is 2.07. The molecule has 0 N–H and O–H groups in total. The number of carbonyl (C=O) groups excluding carboxylic acids is 2. The average Bonchev–Trinajstić information content (AvgIpc) is 2.88. The van der Waals surface area contributed by atoms with E-state index in [1.54, 1.807) is 0 Å². The van der Waals surface area contributed by atoms with Crippen LogP contribution in [0.2, 0.25) is 0 Å². The maximum Gasteiger partial charge on any atom is 0.308 e. The van der Waals surface area contributed by atoms with Gasteiger partial charge in [-0.1, -0.05) is 0 Å². The third kappa shape index (κ3) is 3.62. The van der Waals surface area contributed by atoms with Crippen molar-refractivity contribution in [1.82, 2.24) is 9.78 Å². The molecule has 1 aliphatic carbocycles. The Hall–Kier alpha value is -2.25. The van der Waals surface area contributed by atoms with Gasteiger partial charge in [-0.25, -0.2) is 0 Å². The molecule has 8 nitrogen and oxygen atoms in total. The Bertz CT molecular complexity index is 525. The second-order valence-corrected chi connectivity index (χ2v) is 4.66. The van der Waals surface area contributed by atoms with Crippen LogP contribution in [0.15, 0.2) is 12.4 Å². The van der Waals surface area contributed by atoms with Crippen LogP contribution in [0, 0.1) is 10.1 Å². The largest absolute Gasteiger partial charge is 0.454 e. The van der Waals surface area contributed by atoms with Crippen LogP contribution in [0.5, 0.6) is 0 Å². The first-order valence-electron chi connectivity index (χ1n) is 6.45. The highest BCUT2D eigenvalue weighted by Crippen LogP contribution is 2.18. The molecule has 1 heterocycles. The van der Waals surface area contributed by atoms with Gasteiger partial charge in [-0.3, -0.25) is 24.4 Å². The first kappa shape index (κ1) is 14.2. The molecule has 0 aromatic carbocycles. The Morgan fingerprint density at radius 1 is 1.55 bits per heavy atom. The standard InChI is InChI=1S/C12H15N3O5/c16-10-3-1-2-4-11(10)20-12(17)5-6-14-8-9(7-13-14)15(18)19/h7-8,11H,1-6H2/t11-/m0/s1. The lowest BCUT2D eigenvalue weighted by Gasteiger charge is -2.20. The molecule has 8 heteroatoms. The van der Waals surface area contributed by atoms with E-state index in [0.717, 1.165) is 19.0 Å². The molecule has 1 aromatic heterocycles. The van der Waals surface area contributed by atoms with Gasteiger partial charge in [0.1, 0.15) is 12.4 Å². The van der Waals surface area contributed by atoms with E-state index in [2.05, 4.69) is 5.10 Å². The third-order valence-corrected chi connectivity index (χ3v) is 3.15. The van der Waals surface area contributed by atoms with E-state index in [9.17, 15) is 19.7 Å². The number of hydrogen-bond acceptors (Lipinski definition) is 6. The molecule has 0 radical (unpaired) electrons. The molecule has 1 atom stereocenters. The van der Waals surface area contributed by atoms with Crippen molar-refractivity contribution in [2.45, 2.75) is 44.8 Å². The van der Waals surface area contributed by atoms with E-state index in [-0.39, 0.29) is 24.4 Å². The van der Waals surface area contributed by atoms with Crippen LogP contribution in [-0.4, -0.2) is 32.6 Å². The van der Waals surface area contributed by atoms with Gasteiger partial charge < -0.3 is 4.74 Å². The van der Waals surface area contributed by atoms with Gasteiger partial charge in [0.05, 0.1) is 17.9 Å². The summed E-state index contributed by atoms with van der Waals surface area (Å²) in [5, 5.41) is 14.2. The molecule has 1 aliphatic rings. The Morgan fingerprint density at radius 3 is 3.00 bits per heavy atom. The molecule has 108 valence electrons. The van der Waals surface area contributed by atoms with Gasteiger partial charge in [0.25, 0.3) is 0 Å². The lowest BCUT2D eigenvalue weighted by molar-refractivity contribution is -0.385. The zero-order chi connectivity index (χ0) is 14.5. The first-order chi connectivity index (χ1) is 9.56. The minimum atomic E-state index is -0.622. The van der Waals surface area contributed by atoms with Gasteiger partial charge in [0.15, 0.2) is 11.9 Å². The zero-order valence-corrected chi connectivity index (χ0v) is 10.9. The molecule has 20 heavy (non-hydrogen) atoms. The minimum Gasteiger partial charge on any atom is -0.454 e. The summed E-state index contributed by atoms with van der Waals surface area (Å²) in [7, 11) is 0. The van der Waals surface area contributed by atoms with Crippen molar-refractivity contribution in [3.63, 3.8) is 0 Å². The van der Waals surface area contributed by atoms with E-state index >= 15 is 0 Å². The molecular formula is C12H15N3O5. The topological polar surface area (TPSA) is 104 Å². The lowest BCUT2D eigenvalue weighted by atomic mass is 9.96. The maximum atomic E-state index is 11.6. The monoisotopic (exact) mass is 281 g/mol. The summed E-state index contributed by atoms with van der Waals surface area (Å²) in [6.07, 6.45) is 4.56. The van der Waals surface area contributed by atoms with Crippen molar-refractivity contribution in [1.29, 1.82) is 0 Å². The molecule has 0 unspecified atom stereocenters. The lowest BCUT2D eigenvalue weighted by Crippen LogP contribution is -2.30. The Morgan fingerprint density at radius 2 is 2.35 bits per heavy atom. The van der Waals surface area contributed by atoms with Crippen molar-refractivity contribution >= 4 is 17.4 Å². The van der Waals surface area contributed by atoms with Crippen molar-refractivity contribution < 1.29 is 19.2 Å². The van der Waals surface area contributed by atoms with Crippen LogP contribution in [0.1, 0.15) is 32.1 Å². The number of hydrogen-bond donors (Lipinski definition) is 0. The summed E-state index contributed by atoms with van der Waals surface area (Å²) in [4.78, 5) is 33.1. The SMILES string of the molecule is O=C(CCn1cc([N+](=O)[O-])cn1)O[C@H]1CCCCC1=O. The third-order valence-electron chi connectivity index (χ3n) is 3.15. The van der Waals surface area contributed by atoms with Gasteiger partial charge in [-0.2, -0.15) is 5.10 Å². The Kier molecular flexibility index (Phi) is 4.44. The fraction of sp³-hybridized carbons (Fsp3) is 0.583. The summed E-state index contributed by atoms with van der Waals surface area (Å²) in [6, 6.07) is 0. The molecule has 1 fully saturated rings. The maximum absolute atomic E-state index is 11.6. The molecule has 0 bridgehead atoms. The van der Waals surface area contributed by atoms with Crippen LogP contribution >= 0.6 is 0 Å². The van der Waals surface area contributed by atoms with E-state index in [1.807, 2.05) is 0 Å². The molecule has 1 aromatic rings. The molecular weight excluding hydrogens is 266 g/mol. The fourth-order valence-electron chi connectivity index (χ4n) is 2.07. The van der Waals surface area contributed by atoms with Crippen LogP contribution in [0.3, 0.4) is 0 Å². The van der Waals surface area contributed by atoms with Crippen LogP contribution in [0.25, 0.3) is 0 Å². The van der Waals surface area contributed by atoms with Gasteiger partial charge in [-0.15, -0.1) is 0 Å². The summed E-state index contributed by atoms with van der Waals surface area (Å²) in [5.41, 5.74) is -0.124. The quantitative estimate of drug-likeness (QED) is 0.457. The number of ether oxygens (including phenoxy) is 1. The van der Waals surface area contributed by atoms with Crippen molar-refractivity contribution in [3.8, 4) is 0 Å². The minimum absolute atomic E-state index is 0.0284. The van der Waals surface area contributed by atoms with Gasteiger partial charge in [0, 0.05) is 6.42 Å². The van der Waals surface area contributed by atoms with E-state index in [1.165, 1.54) is 10.9 Å². The van der Waals surface area contributed by atoms with E-state index in [4.69, 9.17) is 4.74 Å². The zero-order valence-electron chi connectivity index (χ0n) is 10.9. The normalized spacial score (nSPS) is 18.8. The Labute approximate surface area is 114 Å². The molecule has 0 amide bonds. The number of esters is 1. The van der Waals surface area contributed by atoms with Gasteiger partial charge in [0.2, 0.25) is 0 Å². The predicted octanol–water partition coefficient (Wildman–Crippen LogP) is 1.24. The van der Waals surface area contributed by atoms with E-state index in [0.29, 0.717) is 12.8 Å². The number of rotatable bonds is 5. The van der Waals surface area contributed by atoms with Crippen molar-refractivity contribution in [2.24, 2.45) is 0 Å². The number of aromatic nitrogens is 2. The molecule has 0 spiro atoms. The van der Waals surface area contributed by atoms with Crippen molar-refractivity contribution in [3.05, 3.63) is 22.5 Å². The first-order valence-corrected chi connectivity index (χ1v) is 6.45. The number of nitrogens with zero attached hydrogens (tertiary/aromatic N) is 3. The number of carbonyl (C=O) groups is 2. The second kappa shape index (κ2) is 6.27. The number of ketones is 1. The van der Waals surface area contributed by atoms with Crippen molar-refractivity contribution in [2.75, 3.05) is 0 Å². The van der Waals surface area contributed by atoms with Crippen LogP contribution < -0.4 is 0 Å². The molecule has 1 saturated carbocycles. The number of Topliss-reactive ketones (excluding diaryl/α,β-unsaturated/α-hetero) is 1. The highest BCUT2D eigenvalue weighted by molar-refractivity contribution is 5.86. The van der Waals surface area contributed by atoms with E-state index < -0.39 is 17.0 Å². The number of nitro groups is 1. The Balaban J connectivity index is 1.79. The number of aryl methyl sites for hydroxylation is 1. The summed E-state index contributed by atoms with van der Waals surface area (Å²) in [5.74, 6) is -0.511. The molecule has 0 saturated heterocycles. The summed E-state index contributed by atoms with van der Waals surface area (Å²) >= 11 is 0. The van der Waals surface area contributed by atoms with Gasteiger partial charge in [-0.05, 0) is 19.3 Å². The van der Waals surface area contributed by atoms with Crippen LogP contribution in [-0.2, 0) is 20.9 Å². The molecule has 2 rings (SSSR count).